The first-order chi connectivity index (χ1) is 16.6. The van der Waals surface area contributed by atoms with Crippen LogP contribution >= 0.6 is 11.8 Å². The second kappa shape index (κ2) is 12.3. The Morgan fingerprint density at radius 1 is 1.03 bits per heavy atom. The minimum atomic E-state index is -0.160. The molecule has 2 amide bonds. The summed E-state index contributed by atoms with van der Waals surface area (Å²) >= 11 is 1.23. The lowest BCUT2D eigenvalue weighted by Gasteiger charge is -2.14. The summed E-state index contributed by atoms with van der Waals surface area (Å²) in [6.45, 7) is 2.88. The third-order valence-electron chi connectivity index (χ3n) is 6.05. The van der Waals surface area contributed by atoms with Gasteiger partial charge in [0, 0.05) is 39.3 Å². The van der Waals surface area contributed by atoms with Crippen LogP contribution in [0.1, 0.15) is 38.5 Å². The molecule has 1 aromatic heterocycles. The van der Waals surface area contributed by atoms with E-state index in [1.807, 2.05) is 6.07 Å². The molecule has 4 rings (SSSR count). The van der Waals surface area contributed by atoms with Gasteiger partial charge in [-0.05, 0) is 44.2 Å². The number of hydrogen-bond acceptors (Lipinski definition) is 7. The summed E-state index contributed by atoms with van der Waals surface area (Å²) in [7, 11) is 0. The number of rotatable bonds is 11. The highest BCUT2D eigenvalue weighted by Crippen LogP contribution is 2.19. The van der Waals surface area contributed by atoms with E-state index in [1.54, 1.807) is 22.8 Å². The molecule has 2 aromatic rings. The average molecular weight is 489 g/mol. The molecule has 10 heteroatoms. The van der Waals surface area contributed by atoms with Crippen molar-refractivity contribution in [3.63, 3.8) is 0 Å². The number of fused-ring (bicyclic) bond motifs is 1. The van der Waals surface area contributed by atoms with Crippen LogP contribution in [0, 0.1) is 0 Å². The first-order valence-electron chi connectivity index (χ1n) is 12.0. The lowest BCUT2D eigenvalue weighted by molar-refractivity contribution is -0.121. The summed E-state index contributed by atoms with van der Waals surface area (Å²) < 4.78 is 12.6. The van der Waals surface area contributed by atoms with E-state index in [4.69, 9.17) is 9.47 Å². The van der Waals surface area contributed by atoms with Crippen molar-refractivity contribution in [3.05, 3.63) is 34.6 Å². The van der Waals surface area contributed by atoms with Crippen LogP contribution in [-0.4, -0.2) is 65.6 Å². The third kappa shape index (κ3) is 6.80. The summed E-state index contributed by atoms with van der Waals surface area (Å²) in [5, 5.41) is 6.82. The van der Waals surface area contributed by atoms with Gasteiger partial charge in [-0.2, -0.15) is 0 Å². The van der Waals surface area contributed by atoms with Crippen LogP contribution in [-0.2, 0) is 25.6 Å². The van der Waals surface area contributed by atoms with Crippen molar-refractivity contribution in [2.75, 3.05) is 32.1 Å². The largest absolute Gasteiger partial charge is 0.376 e. The summed E-state index contributed by atoms with van der Waals surface area (Å²) in [5.41, 5.74) is 0.438. The Hall–Kier alpha value is -2.43. The van der Waals surface area contributed by atoms with Gasteiger partial charge >= 0.3 is 0 Å². The Kier molecular flexibility index (Phi) is 8.95. The van der Waals surface area contributed by atoms with E-state index < -0.39 is 0 Å². The molecule has 2 fully saturated rings. The van der Waals surface area contributed by atoms with Crippen molar-refractivity contribution in [2.24, 2.45) is 0 Å². The summed E-state index contributed by atoms with van der Waals surface area (Å²) in [6.07, 6.45) is 4.97. The zero-order valence-corrected chi connectivity index (χ0v) is 20.1. The van der Waals surface area contributed by atoms with Crippen molar-refractivity contribution in [1.82, 2.24) is 20.2 Å². The zero-order chi connectivity index (χ0) is 23.8. The molecule has 9 nitrogen and oxygen atoms in total. The Balaban J connectivity index is 1.35. The van der Waals surface area contributed by atoms with Crippen molar-refractivity contribution in [3.8, 4) is 0 Å². The Morgan fingerprint density at radius 2 is 1.71 bits per heavy atom. The number of ether oxygens (including phenoxy) is 2. The van der Waals surface area contributed by atoms with Gasteiger partial charge in [-0.1, -0.05) is 23.9 Å². The fourth-order valence-corrected chi connectivity index (χ4v) is 5.04. The van der Waals surface area contributed by atoms with Crippen LogP contribution < -0.4 is 16.2 Å². The molecule has 0 aliphatic carbocycles. The Morgan fingerprint density at radius 3 is 2.38 bits per heavy atom. The number of para-hydroxylation sites is 1. The Labute approximate surface area is 203 Å². The predicted octanol–water partition coefficient (Wildman–Crippen LogP) is 1.86. The van der Waals surface area contributed by atoms with Gasteiger partial charge in [-0.3, -0.25) is 19.0 Å². The molecule has 0 radical (unpaired) electrons. The zero-order valence-electron chi connectivity index (χ0n) is 19.3. The van der Waals surface area contributed by atoms with Gasteiger partial charge in [-0.25, -0.2) is 4.98 Å². The molecule has 2 aliphatic rings. The van der Waals surface area contributed by atoms with Crippen LogP contribution in [0.5, 0.6) is 0 Å². The van der Waals surface area contributed by atoms with Gasteiger partial charge in [0.1, 0.15) is 0 Å². The molecular weight excluding hydrogens is 456 g/mol. The number of amides is 2. The van der Waals surface area contributed by atoms with E-state index in [2.05, 4.69) is 15.6 Å². The summed E-state index contributed by atoms with van der Waals surface area (Å²) in [6, 6.07) is 7.18. The number of hydrogen-bond donors (Lipinski definition) is 2. The van der Waals surface area contributed by atoms with E-state index in [1.165, 1.54) is 11.8 Å². The molecule has 184 valence electrons. The smallest absolute Gasteiger partial charge is 0.262 e. The highest BCUT2D eigenvalue weighted by Gasteiger charge is 2.18. The quantitative estimate of drug-likeness (QED) is 0.367. The van der Waals surface area contributed by atoms with Crippen LogP contribution in [0.4, 0.5) is 0 Å². The maximum atomic E-state index is 13.1. The fourth-order valence-electron chi connectivity index (χ4n) is 4.19. The van der Waals surface area contributed by atoms with Crippen LogP contribution in [0.15, 0.2) is 34.2 Å². The highest BCUT2D eigenvalue weighted by atomic mass is 32.2. The minimum Gasteiger partial charge on any atom is -0.376 e. The van der Waals surface area contributed by atoms with E-state index in [-0.39, 0.29) is 35.3 Å². The summed E-state index contributed by atoms with van der Waals surface area (Å²) in [4.78, 5) is 42.4. The van der Waals surface area contributed by atoms with Gasteiger partial charge in [-0.15, -0.1) is 0 Å². The maximum Gasteiger partial charge on any atom is 0.262 e. The normalized spacial score (nSPS) is 20.0. The van der Waals surface area contributed by atoms with Gasteiger partial charge in [0.05, 0.1) is 28.9 Å². The number of benzene rings is 1. The van der Waals surface area contributed by atoms with Crippen molar-refractivity contribution >= 4 is 34.5 Å². The number of thioether (sulfide) groups is 1. The second-order valence-electron chi connectivity index (χ2n) is 8.64. The number of aromatic nitrogens is 2. The first kappa shape index (κ1) is 24.7. The standard InChI is InChI=1S/C24H32N4O5S/c29-21(25-14-17-6-4-12-32-17)10-3-11-28-23(31)19-8-1-2-9-20(19)27-24(28)34-16-22(30)26-15-18-7-5-13-33-18/h1-2,8-9,17-18H,3-7,10-16H2,(H,25,29)(H,26,30)/t17-,18+/m0/s1. The molecule has 2 saturated heterocycles. The second-order valence-corrected chi connectivity index (χ2v) is 9.58. The first-order valence-corrected chi connectivity index (χ1v) is 13.0. The maximum absolute atomic E-state index is 13.1. The lowest BCUT2D eigenvalue weighted by Crippen LogP contribution is -2.33. The van der Waals surface area contributed by atoms with Crippen molar-refractivity contribution < 1.29 is 19.1 Å². The van der Waals surface area contributed by atoms with Crippen LogP contribution in [0.2, 0.25) is 0 Å². The molecule has 0 saturated carbocycles. The minimum absolute atomic E-state index is 0.0555. The SMILES string of the molecule is O=C(CCCn1c(SCC(=O)NC[C@H]2CCCO2)nc2ccccc2c1=O)NC[C@@H]1CCCO1. The molecule has 2 aliphatic heterocycles. The van der Waals surface area contributed by atoms with Gasteiger partial charge < -0.3 is 20.1 Å². The number of carbonyl (C=O) groups excluding carboxylic acids is 2. The molecule has 0 unspecified atom stereocenters. The van der Waals surface area contributed by atoms with E-state index in [9.17, 15) is 14.4 Å². The van der Waals surface area contributed by atoms with E-state index in [0.717, 1.165) is 38.9 Å². The third-order valence-corrected chi connectivity index (χ3v) is 7.02. The number of nitrogens with one attached hydrogen (secondary N) is 2. The van der Waals surface area contributed by atoms with Crippen LogP contribution in [0.3, 0.4) is 0 Å². The van der Waals surface area contributed by atoms with Crippen molar-refractivity contribution in [2.45, 2.75) is 62.4 Å². The van der Waals surface area contributed by atoms with Gasteiger partial charge in [0.15, 0.2) is 5.16 Å². The van der Waals surface area contributed by atoms with Gasteiger partial charge in [0.25, 0.3) is 5.56 Å². The molecule has 1 aromatic carbocycles. The molecule has 34 heavy (non-hydrogen) atoms. The van der Waals surface area contributed by atoms with E-state index >= 15 is 0 Å². The van der Waals surface area contributed by atoms with Crippen molar-refractivity contribution in [1.29, 1.82) is 0 Å². The van der Waals surface area contributed by atoms with Crippen LogP contribution in [0.25, 0.3) is 10.9 Å². The average Bonchev–Trinajstić information content (AvgIpc) is 3.56. The fraction of sp³-hybridized carbons (Fsp3) is 0.583. The molecule has 3 heterocycles. The van der Waals surface area contributed by atoms with Gasteiger partial charge in [0.2, 0.25) is 11.8 Å². The van der Waals surface area contributed by atoms with E-state index in [0.29, 0.717) is 48.5 Å². The highest BCUT2D eigenvalue weighted by molar-refractivity contribution is 7.99. The molecule has 0 bridgehead atoms. The lowest BCUT2D eigenvalue weighted by atomic mass is 10.2. The molecule has 2 atom stereocenters. The molecular formula is C24H32N4O5S. The summed E-state index contributed by atoms with van der Waals surface area (Å²) in [5.74, 6) is -0.0256. The number of nitrogens with zero attached hydrogens (tertiary/aromatic N) is 2. The number of carbonyl (C=O) groups is 2. The molecule has 2 N–H and O–H groups in total. The predicted molar refractivity (Wildman–Crippen MR) is 130 cm³/mol. The topological polar surface area (TPSA) is 112 Å². The monoisotopic (exact) mass is 488 g/mol. The Bertz CT molecular complexity index is 1050. The molecule has 0 spiro atoms.